The fourth-order valence-corrected chi connectivity index (χ4v) is 3.91. The number of aryl methyl sites for hydroxylation is 1. The molecule has 4 rings (SSSR count). The molecule has 7 heteroatoms. The number of aromatic nitrogens is 4. The minimum absolute atomic E-state index is 0.864. The van der Waals surface area contributed by atoms with Gasteiger partial charge in [0.1, 0.15) is 23.8 Å². The summed E-state index contributed by atoms with van der Waals surface area (Å²) in [6.07, 6.45) is 3.57. The maximum absolute atomic E-state index is 4.61. The van der Waals surface area contributed by atoms with E-state index in [1.165, 1.54) is 11.5 Å². The molecule has 1 saturated heterocycles. The first-order chi connectivity index (χ1) is 12.4. The van der Waals surface area contributed by atoms with Gasteiger partial charge in [0.15, 0.2) is 0 Å². The van der Waals surface area contributed by atoms with Crippen LogP contribution >= 0.6 is 11.8 Å². The number of nitrogens with zero attached hydrogens (tertiary/aromatic N) is 4. The average Bonchev–Trinajstić information content (AvgIpc) is 3.09. The van der Waals surface area contributed by atoms with Crippen molar-refractivity contribution < 1.29 is 0 Å². The van der Waals surface area contributed by atoms with Gasteiger partial charge >= 0.3 is 0 Å². The molecule has 130 valence electrons. The van der Waals surface area contributed by atoms with Gasteiger partial charge in [-0.3, -0.25) is 0 Å². The van der Waals surface area contributed by atoms with Gasteiger partial charge in [0.05, 0.1) is 11.0 Å². The molecule has 3 aromatic rings. The summed E-state index contributed by atoms with van der Waals surface area (Å²) in [7, 11) is 0. The Labute approximate surface area is 151 Å². The molecule has 1 aliphatic rings. The molecule has 0 saturated carbocycles. The molecule has 0 atom stereocenters. The number of para-hydroxylation sites is 2. The van der Waals surface area contributed by atoms with E-state index in [1.54, 1.807) is 6.33 Å². The van der Waals surface area contributed by atoms with Crippen LogP contribution in [0.2, 0.25) is 0 Å². The molecule has 6 nitrogen and oxygen atoms in total. The highest BCUT2D eigenvalue weighted by atomic mass is 32.2. The van der Waals surface area contributed by atoms with Crippen LogP contribution in [0.3, 0.4) is 0 Å². The smallest absolute Gasteiger partial charge is 0.134 e. The average molecular weight is 354 g/mol. The number of hydrogen-bond donors (Lipinski definition) is 2. The molecule has 3 heterocycles. The molecule has 1 aliphatic heterocycles. The van der Waals surface area contributed by atoms with Gasteiger partial charge in [0.2, 0.25) is 0 Å². The number of benzene rings is 1. The second kappa shape index (κ2) is 7.74. The zero-order valence-corrected chi connectivity index (χ0v) is 14.9. The van der Waals surface area contributed by atoms with Crippen LogP contribution in [0.4, 0.5) is 11.6 Å². The number of aromatic amines is 1. The van der Waals surface area contributed by atoms with Crippen molar-refractivity contribution in [3.8, 4) is 0 Å². The zero-order valence-electron chi connectivity index (χ0n) is 14.1. The van der Waals surface area contributed by atoms with Crippen molar-refractivity contribution in [3.05, 3.63) is 42.5 Å². The molecular weight excluding hydrogens is 332 g/mol. The number of rotatable bonds is 6. The van der Waals surface area contributed by atoms with Gasteiger partial charge in [0, 0.05) is 43.6 Å². The minimum Gasteiger partial charge on any atom is -0.370 e. The standard InChI is InChI=1S/C18H22N6S/c1-2-5-15-14(4-1)22-16(23-15)6-3-7-19-17-12-18(21-13-20-17)24-8-10-25-11-9-24/h1-2,4-5,12-13H,3,6-11H2,(H,22,23)(H,19,20,21). The van der Waals surface area contributed by atoms with Crippen LogP contribution in [0.25, 0.3) is 11.0 Å². The van der Waals surface area contributed by atoms with E-state index < -0.39 is 0 Å². The van der Waals surface area contributed by atoms with E-state index in [4.69, 9.17) is 0 Å². The predicted octanol–water partition coefficient (Wildman–Crippen LogP) is 2.95. The van der Waals surface area contributed by atoms with Crippen molar-refractivity contribution in [2.45, 2.75) is 12.8 Å². The second-order valence-electron chi connectivity index (χ2n) is 6.09. The third-order valence-electron chi connectivity index (χ3n) is 4.32. The van der Waals surface area contributed by atoms with Gasteiger partial charge in [-0.05, 0) is 18.6 Å². The molecule has 25 heavy (non-hydrogen) atoms. The maximum Gasteiger partial charge on any atom is 0.134 e. The fraction of sp³-hybridized carbons (Fsp3) is 0.389. The van der Waals surface area contributed by atoms with Gasteiger partial charge in [0.25, 0.3) is 0 Å². The highest BCUT2D eigenvalue weighted by molar-refractivity contribution is 7.99. The summed E-state index contributed by atoms with van der Waals surface area (Å²) >= 11 is 2.00. The van der Waals surface area contributed by atoms with Crippen LogP contribution in [0, 0.1) is 0 Å². The van der Waals surface area contributed by atoms with E-state index in [1.807, 2.05) is 30.0 Å². The normalized spacial score (nSPS) is 14.8. The quantitative estimate of drug-likeness (QED) is 0.663. The van der Waals surface area contributed by atoms with E-state index in [-0.39, 0.29) is 0 Å². The Hall–Kier alpha value is -2.28. The fourth-order valence-electron chi connectivity index (χ4n) is 3.01. The number of anilines is 2. The van der Waals surface area contributed by atoms with Gasteiger partial charge in [-0.1, -0.05) is 12.1 Å². The molecular formula is C18H22N6S. The Morgan fingerprint density at radius 2 is 2.04 bits per heavy atom. The molecule has 0 spiro atoms. The molecule has 0 amide bonds. The zero-order chi connectivity index (χ0) is 16.9. The summed E-state index contributed by atoms with van der Waals surface area (Å²) in [6, 6.07) is 10.2. The molecule has 2 N–H and O–H groups in total. The van der Waals surface area contributed by atoms with E-state index >= 15 is 0 Å². The van der Waals surface area contributed by atoms with Crippen molar-refractivity contribution in [1.29, 1.82) is 0 Å². The first-order valence-corrected chi connectivity index (χ1v) is 9.86. The lowest BCUT2D eigenvalue weighted by Gasteiger charge is -2.27. The van der Waals surface area contributed by atoms with Crippen molar-refractivity contribution in [2.75, 3.05) is 41.4 Å². The molecule has 0 aliphatic carbocycles. The van der Waals surface area contributed by atoms with Crippen LogP contribution in [-0.4, -0.2) is 51.1 Å². The Morgan fingerprint density at radius 3 is 2.92 bits per heavy atom. The van der Waals surface area contributed by atoms with Crippen LogP contribution in [0.15, 0.2) is 36.7 Å². The lowest BCUT2D eigenvalue weighted by atomic mass is 10.3. The molecule has 0 radical (unpaired) electrons. The van der Waals surface area contributed by atoms with Gasteiger partial charge in [-0.25, -0.2) is 15.0 Å². The minimum atomic E-state index is 0.864. The van der Waals surface area contributed by atoms with Crippen molar-refractivity contribution >= 4 is 34.4 Å². The molecule has 1 aromatic carbocycles. The topological polar surface area (TPSA) is 69.7 Å². The number of nitrogens with one attached hydrogen (secondary N) is 2. The Bertz CT molecular complexity index is 794. The van der Waals surface area contributed by atoms with Crippen molar-refractivity contribution in [2.24, 2.45) is 0 Å². The second-order valence-corrected chi connectivity index (χ2v) is 7.32. The summed E-state index contributed by atoms with van der Waals surface area (Å²) in [6.45, 7) is 2.99. The van der Waals surface area contributed by atoms with E-state index in [9.17, 15) is 0 Å². The lowest BCUT2D eigenvalue weighted by molar-refractivity contribution is 0.813. The summed E-state index contributed by atoms with van der Waals surface area (Å²) in [4.78, 5) is 19.1. The number of thioether (sulfide) groups is 1. The number of hydrogen-bond acceptors (Lipinski definition) is 6. The van der Waals surface area contributed by atoms with Gasteiger partial charge in [-0.15, -0.1) is 0 Å². The highest BCUT2D eigenvalue weighted by Gasteiger charge is 2.12. The summed E-state index contributed by atoms with van der Waals surface area (Å²) in [5, 5.41) is 3.40. The van der Waals surface area contributed by atoms with Crippen molar-refractivity contribution in [3.63, 3.8) is 0 Å². The Morgan fingerprint density at radius 1 is 1.16 bits per heavy atom. The lowest BCUT2D eigenvalue weighted by Crippen LogP contribution is -2.33. The molecule has 1 fully saturated rings. The number of imidazole rings is 1. The van der Waals surface area contributed by atoms with Gasteiger partial charge < -0.3 is 15.2 Å². The summed E-state index contributed by atoms with van der Waals surface area (Å²) in [5.74, 6) is 5.30. The van der Waals surface area contributed by atoms with Crippen molar-refractivity contribution in [1.82, 2.24) is 19.9 Å². The summed E-state index contributed by atoms with van der Waals surface area (Å²) < 4.78 is 0. The molecule has 2 aromatic heterocycles. The van der Waals surface area contributed by atoms with Crippen LogP contribution < -0.4 is 10.2 Å². The summed E-state index contributed by atoms with van der Waals surface area (Å²) in [5.41, 5.74) is 2.14. The Balaban J connectivity index is 1.29. The SMILES string of the molecule is c1ccc2[nH]c(CCCNc3cc(N4CCSCC4)ncn3)nc2c1. The third-order valence-corrected chi connectivity index (χ3v) is 5.27. The first kappa shape index (κ1) is 16.2. The maximum atomic E-state index is 4.61. The van der Waals surface area contributed by atoms with Crippen LogP contribution in [0.5, 0.6) is 0 Å². The molecule has 0 unspecified atom stereocenters. The number of H-pyrrole nitrogens is 1. The molecule has 0 bridgehead atoms. The van der Waals surface area contributed by atoms with E-state index in [2.05, 4.69) is 42.3 Å². The monoisotopic (exact) mass is 354 g/mol. The first-order valence-electron chi connectivity index (χ1n) is 8.71. The predicted molar refractivity (Wildman–Crippen MR) is 104 cm³/mol. The van der Waals surface area contributed by atoms with E-state index in [0.29, 0.717) is 0 Å². The Kier molecular flexibility index (Phi) is 5.01. The third kappa shape index (κ3) is 4.04. The van der Waals surface area contributed by atoms with Crippen LogP contribution in [-0.2, 0) is 6.42 Å². The van der Waals surface area contributed by atoms with Crippen LogP contribution in [0.1, 0.15) is 12.2 Å². The largest absolute Gasteiger partial charge is 0.370 e. The van der Waals surface area contributed by atoms with Gasteiger partial charge in [-0.2, -0.15) is 11.8 Å². The highest BCUT2D eigenvalue weighted by Crippen LogP contribution is 2.19. The van der Waals surface area contributed by atoms with E-state index in [0.717, 1.165) is 61.0 Å². The number of fused-ring (bicyclic) bond motifs is 1.